The Morgan fingerprint density at radius 3 is 2.81 bits per heavy atom. The molecule has 21 heavy (non-hydrogen) atoms. The largest absolute Gasteiger partial charge is 0.341 e. The van der Waals surface area contributed by atoms with E-state index in [2.05, 4.69) is 15.0 Å². The zero-order chi connectivity index (χ0) is 14.8. The van der Waals surface area contributed by atoms with Gasteiger partial charge in [0.05, 0.1) is 22.0 Å². The SMILES string of the molecule is N#CC(c1nc2ccccc2[nH]1)c1ncccc1[N+](=O)[O-]. The highest BCUT2D eigenvalue weighted by Crippen LogP contribution is 2.28. The number of H-pyrrole nitrogens is 1. The maximum Gasteiger partial charge on any atom is 0.292 e. The van der Waals surface area contributed by atoms with Crippen LogP contribution >= 0.6 is 0 Å². The van der Waals surface area contributed by atoms with Crippen molar-refractivity contribution in [3.05, 3.63) is 64.2 Å². The van der Waals surface area contributed by atoms with Gasteiger partial charge in [-0.15, -0.1) is 0 Å². The number of para-hydroxylation sites is 2. The van der Waals surface area contributed by atoms with E-state index in [9.17, 15) is 15.4 Å². The molecule has 0 fully saturated rings. The third-order valence-electron chi connectivity index (χ3n) is 3.10. The molecule has 7 heteroatoms. The van der Waals surface area contributed by atoms with E-state index in [1.165, 1.54) is 18.3 Å². The molecule has 1 N–H and O–H groups in total. The number of benzene rings is 1. The molecule has 0 aliphatic carbocycles. The van der Waals surface area contributed by atoms with Crippen LogP contribution < -0.4 is 0 Å². The Morgan fingerprint density at radius 1 is 1.29 bits per heavy atom. The lowest BCUT2D eigenvalue weighted by Gasteiger charge is -2.05. The van der Waals surface area contributed by atoms with Gasteiger partial charge in [0, 0.05) is 12.3 Å². The van der Waals surface area contributed by atoms with Crippen LogP contribution in [0.15, 0.2) is 42.6 Å². The number of imidazole rings is 1. The molecule has 102 valence electrons. The molecule has 0 saturated heterocycles. The van der Waals surface area contributed by atoms with Gasteiger partial charge in [-0.3, -0.25) is 15.1 Å². The summed E-state index contributed by atoms with van der Waals surface area (Å²) in [6.45, 7) is 0. The van der Waals surface area contributed by atoms with Crippen LogP contribution in [0.5, 0.6) is 0 Å². The molecular weight excluding hydrogens is 270 g/mol. The number of nitrogens with one attached hydrogen (secondary N) is 1. The molecule has 0 bridgehead atoms. The molecule has 2 aromatic heterocycles. The van der Waals surface area contributed by atoms with E-state index in [-0.39, 0.29) is 11.4 Å². The van der Waals surface area contributed by atoms with Crippen LogP contribution in [0, 0.1) is 21.4 Å². The molecule has 1 unspecified atom stereocenters. The Morgan fingerprint density at radius 2 is 2.10 bits per heavy atom. The summed E-state index contributed by atoms with van der Waals surface area (Å²) in [6, 6.07) is 12.1. The lowest BCUT2D eigenvalue weighted by atomic mass is 10.0. The fraction of sp³-hybridized carbons (Fsp3) is 0.0714. The molecule has 1 atom stereocenters. The van der Waals surface area contributed by atoms with Crippen LogP contribution in [0.1, 0.15) is 17.4 Å². The predicted molar refractivity (Wildman–Crippen MR) is 74.4 cm³/mol. The molecule has 0 aliphatic rings. The average Bonchev–Trinajstić information content (AvgIpc) is 2.92. The molecule has 7 nitrogen and oxygen atoms in total. The summed E-state index contributed by atoms with van der Waals surface area (Å²) in [6.07, 6.45) is 1.43. The van der Waals surface area contributed by atoms with Crippen molar-refractivity contribution in [2.75, 3.05) is 0 Å². The highest BCUT2D eigenvalue weighted by Gasteiger charge is 2.27. The van der Waals surface area contributed by atoms with E-state index in [4.69, 9.17) is 0 Å². The van der Waals surface area contributed by atoms with Crippen LogP contribution in [0.4, 0.5) is 5.69 Å². The van der Waals surface area contributed by atoms with E-state index in [0.29, 0.717) is 11.3 Å². The van der Waals surface area contributed by atoms with Crippen molar-refractivity contribution in [3.63, 3.8) is 0 Å². The first-order valence-corrected chi connectivity index (χ1v) is 6.14. The molecule has 0 radical (unpaired) electrons. The average molecular weight is 279 g/mol. The van der Waals surface area contributed by atoms with Gasteiger partial charge in [-0.25, -0.2) is 4.98 Å². The van der Waals surface area contributed by atoms with Crippen molar-refractivity contribution in [1.82, 2.24) is 15.0 Å². The number of rotatable bonds is 3. The fourth-order valence-corrected chi connectivity index (χ4v) is 2.15. The number of aromatic amines is 1. The molecule has 1 aromatic carbocycles. The standard InChI is InChI=1S/C14H9N5O2/c15-8-9(13-12(19(20)21)6-3-7-16-13)14-17-10-4-1-2-5-11(10)18-14/h1-7,9H,(H,17,18). The first-order chi connectivity index (χ1) is 10.2. The van der Waals surface area contributed by atoms with E-state index in [1.807, 2.05) is 24.3 Å². The Labute approximate surface area is 119 Å². The Hall–Kier alpha value is -3.27. The zero-order valence-corrected chi connectivity index (χ0v) is 10.7. The third kappa shape index (κ3) is 2.19. The highest BCUT2D eigenvalue weighted by atomic mass is 16.6. The first kappa shape index (κ1) is 12.7. The van der Waals surface area contributed by atoms with Crippen LogP contribution in [0.25, 0.3) is 11.0 Å². The van der Waals surface area contributed by atoms with Crippen LogP contribution in [-0.4, -0.2) is 19.9 Å². The summed E-state index contributed by atoms with van der Waals surface area (Å²) in [7, 11) is 0. The molecule has 0 amide bonds. The van der Waals surface area contributed by atoms with E-state index < -0.39 is 10.8 Å². The van der Waals surface area contributed by atoms with Gasteiger partial charge in [0.25, 0.3) is 5.69 Å². The van der Waals surface area contributed by atoms with Gasteiger partial charge in [0.1, 0.15) is 11.5 Å². The maximum atomic E-state index is 11.1. The van der Waals surface area contributed by atoms with Gasteiger partial charge in [-0.2, -0.15) is 5.26 Å². The minimum absolute atomic E-state index is 0.0871. The molecule has 3 rings (SSSR count). The van der Waals surface area contributed by atoms with E-state index >= 15 is 0 Å². The molecule has 3 aromatic rings. The monoisotopic (exact) mass is 279 g/mol. The molecule has 2 heterocycles. The minimum atomic E-state index is -0.918. The van der Waals surface area contributed by atoms with Gasteiger partial charge in [-0.05, 0) is 18.2 Å². The van der Waals surface area contributed by atoms with Gasteiger partial charge in [0.15, 0.2) is 5.92 Å². The molecule has 0 saturated carbocycles. The van der Waals surface area contributed by atoms with E-state index in [1.54, 1.807) is 6.07 Å². The van der Waals surface area contributed by atoms with Gasteiger partial charge >= 0.3 is 0 Å². The number of fused-ring (bicyclic) bond motifs is 1. The Bertz CT molecular complexity index is 832. The lowest BCUT2D eigenvalue weighted by molar-refractivity contribution is -0.386. The quantitative estimate of drug-likeness (QED) is 0.585. The normalized spacial score (nSPS) is 12.0. The minimum Gasteiger partial charge on any atom is -0.341 e. The van der Waals surface area contributed by atoms with Gasteiger partial charge in [-0.1, -0.05) is 12.1 Å². The summed E-state index contributed by atoms with van der Waals surface area (Å²) in [5, 5.41) is 20.5. The topological polar surface area (TPSA) is 108 Å². The van der Waals surface area contributed by atoms with Gasteiger partial charge in [0.2, 0.25) is 0 Å². The van der Waals surface area contributed by atoms with Crippen LogP contribution in [0.2, 0.25) is 0 Å². The number of nitrogens with zero attached hydrogens (tertiary/aromatic N) is 4. The molecular formula is C14H9N5O2. The van der Waals surface area contributed by atoms with Crippen LogP contribution in [0.3, 0.4) is 0 Å². The number of hydrogen-bond acceptors (Lipinski definition) is 5. The van der Waals surface area contributed by atoms with E-state index in [0.717, 1.165) is 5.52 Å². The zero-order valence-electron chi connectivity index (χ0n) is 10.7. The smallest absolute Gasteiger partial charge is 0.292 e. The number of nitro groups is 1. The van der Waals surface area contributed by atoms with Crippen molar-refractivity contribution in [2.24, 2.45) is 0 Å². The first-order valence-electron chi connectivity index (χ1n) is 6.14. The number of pyridine rings is 1. The molecule has 0 spiro atoms. The maximum absolute atomic E-state index is 11.1. The van der Waals surface area contributed by atoms with Crippen molar-refractivity contribution < 1.29 is 4.92 Å². The van der Waals surface area contributed by atoms with Gasteiger partial charge < -0.3 is 4.98 Å². The number of nitriles is 1. The summed E-state index contributed by atoms with van der Waals surface area (Å²) in [5.74, 6) is -0.570. The van der Waals surface area contributed by atoms with Crippen LogP contribution in [-0.2, 0) is 0 Å². The second-order valence-electron chi connectivity index (χ2n) is 4.37. The van der Waals surface area contributed by atoms with Crippen molar-refractivity contribution in [2.45, 2.75) is 5.92 Å². The summed E-state index contributed by atoms with van der Waals surface area (Å²) >= 11 is 0. The summed E-state index contributed by atoms with van der Waals surface area (Å²) in [4.78, 5) is 21.9. The lowest BCUT2D eigenvalue weighted by Crippen LogP contribution is -2.06. The Kier molecular flexibility index (Phi) is 3.04. The number of aromatic nitrogens is 3. The summed E-state index contributed by atoms with van der Waals surface area (Å²) in [5.41, 5.74) is 1.37. The Balaban J connectivity index is 2.15. The molecule has 0 aliphatic heterocycles. The third-order valence-corrected chi connectivity index (χ3v) is 3.10. The highest BCUT2D eigenvalue weighted by molar-refractivity contribution is 5.75. The number of hydrogen-bond donors (Lipinski definition) is 1. The van der Waals surface area contributed by atoms with Crippen molar-refractivity contribution >= 4 is 16.7 Å². The fourth-order valence-electron chi connectivity index (χ4n) is 2.15. The predicted octanol–water partition coefficient (Wildman–Crippen LogP) is 2.52. The van der Waals surface area contributed by atoms with Crippen molar-refractivity contribution in [1.29, 1.82) is 5.26 Å². The summed E-state index contributed by atoms with van der Waals surface area (Å²) < 4.78 is 0. The second-order valence-corrected chi connectivity index (χ2v) is 4.37. The van der Waals surface area contributed by atoms with Crippen molar-refractivity contribution in [3.8, 4) is 6.07 Å². The second kappa shape index (κ2) is 5.02.